The van der Waals surface area contributed by atoms with Crippen LogP contribution in [0.15, 0.2) is 30.5 Å². The zero-order valence-electron chi connectivity index (χ0n) is 7.11. The first kappa shape index (κ1) is 8.26. The zero-order valence-corrected chi connectivity index (χ0v) is 7.86. The van der Waals surface area contributed by atoms with Crippen molar-refractivity contribution >= 4 is 11.6 Å². The number of aryl methyl sites for hydroxylation is 1. The van der Waals surface area contributed by atoms with E-state index in [0.717, 1.165) is 11.4 Å². The van der Waals surface area contributed by atoms with Crippen LogP contribution in [0.3, 0.4) is 0 Å². The van der Waals surface area contributed by atoms with Gasteiger partial charge < -0.3 is 0 Å². The first-order valence-electron chi connectivity index (χ1n) is 3.88. The number of halogens is 1. The van der Waals surface area contributed by atoms with E-state index in [0.29, 0.717) is 5.15 Å². The van der Waals surface area contributed by atoms with Gasteiger partial charge in [-0.3, -0.25) is 4.68 Å². The first-order valence-corrected chi connectivity index (χ1v) is 4.26. The van der Waals surface area contributed by atoms with Gasteiger partial charge in [0.05, 0.1) is 5.69 Å². The molecule has 0 aliphatic rings. The molecule has 2 heterocycles. The van der Waals surface area contributed by atoms with Crippen molar-refractivity contribution in [2.24, 2.45) is 7.05 Å². The minimum atomic E-state index is 0.489. The van der Waals surface area contributed by atoms with Gasteiger partial charge in [0.1, 0.15) is 10.8 Å². The van der Waals surface area contributed by atoms with Crippen molar-refractivity contribution in [1.29, 1.82) is 0 Å². The van der Waals surface area contributed by atoms with Crippen LogP contribution in [0.4, 0.5) is 0 Å². The second-order valence-electron chi connectivity index (χ2n) is 2.72. The number of rotatable bonds is 1. The Morgan fingerprint density at radius 2 is 2.08 bits per heavy atom. The highest BCUT2D eigenvalue weighted by Gasteiger charge is 2.01. The van der Waals surface area contributed by atoms with Crippen molar-refractivity contribution in [3.8, 4) is 11.4 Å². The third-order valence-electron chi connectivity index (χ3n) is 1.69. The molecule has 0 saturated heterocycles. The molecule has 0 spiro atoms. The molecule has 2 aromatic rings. The minimum Gasteiger partial charge on any atom is -0.275 e. The van der Waals surface area contributed by atoms with Crippen molar-refractivity contribution in [3.05, 3.63) is 35.6 Å². The summed E-state index contributed by atoms with van der Waals surface area (Å²) in [7, 11) is 1.87. The van der Waals surface area contributed by atoms with Gasteiger partial charge in [-0.2, -0.15) is 5.10 Å². The van der Waals surface area contributed by atoms with E-state index < -0.39 is 0 Å². The SMILES string of the molecule is Cn1ccc(-c2cccc(Cl)n2)n1. The summed E-state index contributed by atoms with van der Waals surface area (Å²) in [5, 5.41) is 4.71. The lowest BCUT2D eigenvalue weighted by Crippen LogP contribution is -1.89. The van der Waals surface area contributed by atoms with Crippen LogP contribution < -0.4 is 0 Å². The Hall–Kier alpha value is -1.35. The first-order chi connectivity index (χ1) is 6.25. The van der Waals surface area contributed by atoms with E-state index in [1.807, 2.05) is 31.4 Å². The van der Waals surface area contributed by atoms with Crippen molar-refractivity contribution in [1.82, 2.24) is 14.8 Å². The summed E-state index contributed by atoms with van der Waals surface area (Å²) in [4.78, 5) is 4.15. The van der Waals surface area contributed by atoms with E-state index in [1.165, 1.54) is 0 Å². The van der Waals surface area contributed by atoms with Crippen LogP contribution in [0.25, 0.3) is 11.4 Å². The summed E-state index contributed by atoms with van der Waals surface area (Å²) in [6, 6.07) is 7.39. The Labute approximate surface area is 81.0 Å². The van der Waals surface area contributed by atoms with E-state index in [-0.39, 0.29) is 0 Å². The van der Waals surface area contributed by atoms with Crippen molar-refractivity contribution in [2.45, 2.75) is 0 Å². The molecule has 0 bridgehead atoms. The van der Waals surface area contributed by atoms with Gasteiger partial charge >= 0.3 is 0 Å². The van der Waals surface area contributed by atoms with Crippen LogP contribution in [0.1, 0.15) is 0 Å². The molecule has 0 atom stereocenters. The van der Waals surface area contributed by atoms with Gasteiger partial charge in [-0.1, -0.05) is 17.7 Å². The van der Waals surface area contributed by atoms with Crippen molar-refractivity contribution in [2.75, 3.05) is 0 Å². The normalized spacial score (nSPS) is 10.3. The van der Waals surface area contributed by atoms with Gasteiger partial charge in [0, 0.05) is 13.2 Å². The number of aromatic nitrogens is 3. The topological polar surface area (TPSA) is 30.7 Å². The molecule has 0 aliphatic heterocycles. The predicted octanol–water partition coefficient (Wildman–Crippen LogP) is 2.14. The van der Waals surface area contributed by atoms with Crippen LogP contribution in [0.2, 0.25) is 5.15 Å². The van der Waals surface area contributed by atoms with Crippen LogP contribution >= 0.6 is 11.6 Å². The van der Waals surface area contributed by atoms with Gasteiger partial charge in [0.15, 0.2) is 0 Å². The number of pyridine rings is 1. The molecule has 13 heavy (non-hydrogen) atoms. The van der Waals surface area contributed by atoms with E-state index in [2.05, 4.69) is 10.1 Å². The van der Waals surface area contributed by atoms with Crippen molar-refractivity contribution in [3.63, 3.8) is 0 Å². The molecular weight excluding hydrogens is 186 g/mol. The average Bonchev–Trinajstić information content (AvgIpc) is 2.52. The fourth-order valence-electron chi connectivity index (χ4n) is 1.10. The lowest BCUT2D eigenvalue weighted by atomic mass is 10.3. The molecule has 2 rings (SSSR count). The molecule has 4 heteroatoms. The van der Waals surface area contributed by atoms with Crippen molar-refractivity contribution < 1.29 is 0 Å². The fraction of sp³-hybridized carbons (Fsp3) is 0.111. The quantitative estimate of drug-likeness (QED) is 0.650. The molecule has 0 fully saturated rings. The minimum absolute atomic E-state index is 0.489. The van der Waals surface area contributed by atoms with E-state index in [9.17, 15) is 0 Å². The molecule has 0 saturated carbocycles. The van der Waals surface area contributed by atoms with E-state index in [1.54, 1.807) is 10.7 Å². The number of hydrogen-bond acceptors (Lipinski definition) is 2. The van der Waals surface area contributed by atoms with Crippen LogP contribution in [0, 0.1) is 0 Å². The summed E-state index contributed by atoms with van der Waals surface area (Å²) in [6.07, 6.45) is 1.87. The maximum atomic E-state index is 5.76. The van der Waals surface area contributed by atoms with Crippen LogP contribution in [-0.4, -0.2) is 14.8 Å². The highest BCUT2D eigenvalue weighted by atomic mass is 35.5. The van der Waals surface area contributed by atoms with E-state index in [4.69, 9.17) is 11.6 Å². The predicted molar refractivity (Wildman–Crippen MR) is 51.4 cm³/mol. The highest BCUT2D eigenvalue weighted by Crippen LogP contribution is 2.15. The maximum absolute atomic E-state index is 5.76. The summed E-state index contributed by atoms with van der Waals surface area (Å²) in [5.41, 5.74) is 1.64. The molecule has 2 aromatic heterocycles. The summed E-state index contributed by atoms with van der Waals surface area (Å²) >= 11 is 5.76. The zero-order chi connectivity index (χ0) is 9.26. The van der Waals surface area contributed by atoms with Crippen LogP contribution in [0.5, 0.6) is 0 Å². The second kappa shape index (κ2) is 3.18. The maximum Gasteiger partial charge on any atom is 0.129 e. The fourth-order valence-corrected chi connectivity index (χ4v) is 1.27. The Kier molecular flexibility index (Phi) is 2.02. The van der Waals surface area contributed by atoms with Gasteiger partial charge in [0.2, 0.25) is 0 Å². The molecule has 0 aromatic carbocycles. The van der Waals surface area contributed by atoms with E-state index >= 15 is 0 Å². The Morgan fingerprint density at radius 1 is 1.23 bits per heavy atom. The van der Waals surface area contributed by atoms with Crippen LogP contribution in [-0.2, 0) is 7.05 Å². The Bertz CT molecular complexity index is 422. The number of hydrogen-bond donors (Lipinski definition) is 0. The lowest BCUT2D eigenvalue weighted by molar-refractivity contribution is 0.770. The third-order valence-corrected chi connectivity index (χ3v) is 1.90. The molecule has 0 unspecified atom stereocenters. The van der Waals surface area contributed by atoms with Gasteiger partial charge in [-0.25, -0.2) is 4.98 Å². The second-order valence-corrected chi connectivity index (χ2v) is 3.11. The molecular formula is C9H8ClN3. The summed E-state index contributed by atoms with van der Waals surface area (Å²) in [5.74, 6) is 0. The van der Waals surface area contributed by atoms with Gasteiger partial charge in [-0.05, 0) is 18.2 Å². The summed E-state index contributed by atoms with van der Waals surface area (Å²) in [6.45, 7) is 0. The van der Waals surface area contributed by atoms with Gasteiger partial charge in [-0.15, -0.1) is 0 Å². The monoisotopic (exact) mass is 193 g/mol. The molecule has 3 nitrogen and oxygen atoms in total. The molecule has 66 valence electrons. The third kappa shape index (κ3) is 1.70. The molecule has 0 aliphatic carbocycles. The molecule has 0 radical (unpaired) electrons. The Balaban J connectivity index is 2.46. The molecule has 0 N–H and O–H groups in total. The van der Waals surface area contributed by atoms with Gasteiger partial charge in [0.25, 0.3) is 0 Å². The highest BCUT2D eigenvalue weighted by molar-refractivity contribution is 6.29. The largest absolute Gasteiger partial charge is 0.275 e. The average molecular weight is 194 g/mol. The number of nitrogens with zero attached hydrogens (tertiary/aromatic N) is 3. The standard InChI is InChI=1S/C9H8ClN3/c1-13-6-5-8(12-13)7-3-2-4-9(10)11-7/h2-6H,1H3. The molecule has 0 amide bonds. The smallest absolute Gasteiger partial charge is 0.129 e. The summed E-state index contributed by atoms with van der Waals surface area (Å²) < 4.78 is 1.73. The lowest BCUT2D eigenvalue weighted by Gasteiger charge is -1.95. The Morgan fingerprint density at radius 3 is 2.69 bits per heavy atom.